The molecule has 4 rings (SSSR count). The molecule has 0 aliphatic carbocycles. The number of hydrogen-bond acceptors (Lipinski definition) is 6. The van der Waals surface area contributed by atoms with Gasteiger partial charge in [0.2, 0.25) is 5.78 Å². The summed E-state index contributed by atoms with van der Waals surface area (Å²) >= 11 is 0. The first-order valence-electron chi connectivity index (χ1n) is 10.3. The first-order chi connectivity index (χ1) is 14.5. The van der Waals surface area contributed by atoms with Crippen molar-refractivity contribution >= 4 is 11.9 Å². The molecule has 1 unspecified atom stereocenters. The van der Waals surface area contributed by atoms with E-state index >= 15 is 0 Å². The Labute approximate surface area is 176 Å². The fourth-order valence-electron chi connectivity index (χ4n) is 4.21. The van der Waals surface area contributed by atoms with Crippen molar-refractivity contribution in [3.05, 3.63) is 52.8 Å². The van der Waals surface area contributed by atoms with Crippen LogP contribution in [-0.4, -0.2) is 42.6 Å². The third kappa shape index (κ3) is 3.63. The molecule has 0 radical (unpaired) electrons. The second-order valence-corrected chi connectivity index (χ2v) is 7.78. The first-order valence-corrected chi connectivity index (χ1v) is 10.3. The minimum atomic E-state index is -0.206. The number of aromatic hydroxyl groups is 1. The van der Waals surface area contributed by atoms with Crippen molar-refractivity contribution in [1.29, 1.82) is 0 Å². The molecule has 2 aromatic carbocycles. The Bertz CT molecular complexity index is 997. The summed E-state index contributed by atoms with van der Waals surface area (Å²) in [4.78, 5) is 15.3. The molecule has 1 fully saturated rings. The number of likely N-dealkylation sites (tertiary alicyclic amines) is 1. The summed E-state index contributed by atoms with van der Waals surface area (Å²) in [5.41, 5.74) is 1.82. The van der Waals surface area contributed by atoms with Crippen LogP contribution in [0.1, 0.15) is 47.7 Å². The lowest BCUT2D eigenvalue weighted by molar-refractivity contribution is 0.101. The van der Waals surface area contributed by atoms with Gasteiger partial charge in [-0.25, -0.2) is 0 Å². The van der Waals surface area contributed by atoms with E-state index in [1.165, 1.54) is 6.42 Å². The summed E-state index contributed by atoms with van der Waals surface area (Å²) in [6.07, 6.45) is 5.16. The van der Waals surface area contributed by atoms with Crippen LogP contribution in [0.15, 0.2) is 36.1 Å². The van der Waals surface area contributed by atoms with Gasteiger partial charge in [-0.15, -0.1) is 0 Å². The zero-order chi connectivity index (χ0) is 21.3. The van der Waals surface area contributed by atoms with E-state index in [2.05, 4.69) is 11.8 Å². The van der Waals surface area contributed by atoms with Crippen LogP contribution in [0.2, 0.25) is 0 Å². The second-order valence-electron chi connectivity index (χ2n) is 7.78. The number of allylic oxidation sites excluding steroid dienone is 1. The number of methoxy groups -OCH3 is 2. The summed E-state index contributed by atoms with van der Waals surface area (Å²) in [6.45, 7) is 3.73. The van der Waals surface area contributed by atoms with E-state index in [-0.39, 0.29) is 17.3 Å². The summed E-state index contributed by atoms with van der Waals surface area (Å²) in [5.74, 6) is 1.71. The molecule has 6 heteroatoms. The molecule has 30 heavy (non-hydrogen) atoms. The van der Waals surface area contributed by atoms with Crippen molar-refractivity contribution < 1.29 is 24.1 Å². The molecule has 0 saturated carbocycles. The SMILES string of the molecule is COc1cccc(C=C2Oc3c(ccc(O)c3CN3CCCCC3C)C2=O)c1OC. The van der Waals surface area contributed by atoms with E-state index in [0.29, 0.717) is 46.5 Å². The number of para-hydroxylation sites is 1. The lowest BCUT2D eigenvalue weighted by Gasteiger charge is -2.33. The van der Waals surface area contributed by atoms with Crippen LogP contribution in [0.25, 0.3) is 6.08 Å². The van der Waals surface area contributed by atoms with E-state index in [1.807, 2.05) is 12.1 Å². The highest BCUT2D eigenvalue weighted by molar-refractivity contribution is 6.15. The Morgan fingerprint density at radius 3 is 2.77 bits per heavy atom. The number of ether oxygens (including phenoxy) is 3. The summed E-state index contributed by atoms with van der Waals surface area (Å²) < 4.78 is 16.8. The summed E-state index contributed by atoms with van der Waals surface area (Å²) in [6, 6.07) is 9.10. The van der Waals surface area contributed by atoms with Gasteiger partial charge in [-0.1, -0.05) is 18.6 Å². The van der Waals surface area contributed by atoms with Gasteiger partial charge >= 0.3 is 0 Å². The second kappa shape index (κ2) is 8.40. The van der Waals surface area contributed by atoms with Crippen LogP contribution in [0, 0.1) is 0 Å². The molecule has 2 aliphatic heterocycles. The summed E-state index contributed by atoms with van der Waals surface area (Å²) in [5, 5.41) is 10.5. The van der Waals surface area contributed by atoms with Gasteiger partial charge in [0.1, 0.15) is 11.5 Å². The van der Waals surface area contributed by atoms with Crippen LogP contribution in [-0.2, 0) is 6.54 Å². The maximum absolute atomic E-state index is 13.0. The number of nitrogens with zero attached hydrogens (tertiary/aromatic N) is 1. The fraction of sp³-hybridized carbons (Fsp3) is 0.375. The van der Waals surface area contributed by atoms with Crippen LogP contribution in [0.5, 0.6) is 23.0 Å². The van der Waals surface area contributed by atoms with Crippen molar-refractivity contribution in [2.45, 2.75) is 38.8 Å². The molecule has 0 spiro atoms. The lowest BCUT2D eigenvalue weighted by atomic mass is 10.0. The molecule has 2 heterocycles. The Morgan fingerprint density at radius 1 is 1.20 bits per heavy atom. The zero-order valence-electron chi connectivity index (χ0n) is 17.6. The maximum atomic E-state index is 13.0. The lowest BCUT2D eigenvalue weighted by Crippen LogP contribution is -2.36. The highest BCUT2D eigenvalue weighted by atomic mass is 16.5. The maximum Gasteiger partial charge on any atom is 0.231 e. The number of fused-ring (bicyclic) bond motifs is 1. The third-order valence-electron chi connectivity index (χ3n) is 5.94. The Hall–Kier alpha value is -2.99. The van der Waals surface area contributed by atoms with Gasteiger partial charge < -0.3 is 19.3 Å². The number of phenols is 1. The predicted octanol–water partition coefficient (Wildman–Crippen LogP) is 4.40. The number of rotatable bonds is 5. The van der Waals surface area contributed by atoms with Crippen LogP contribution < -0.4 is 14.2 Å². The molecule has 0 bridgehead atoms. The Morgan fingerprint density at radius 2 is 2.03 bits per heavy atom. The van der Waals surface area contributed by atoms with Crippen molar-refractivity contribution in [3.8, 4) is 23.0 Å². The van der Waals surface area contributed by atoms with Gasteiger partial charge in [0, 0.05) is 18.2 Å². The van der Waals surface area contributed by atoms with Crippen LogP contribution in [0.3, 0.4) is 0 Å². The fourth-order valence-corrected chi connectivity index (χ4v) is 4.21. The molecular weight excluding hydrogens is 382 g/mol. The minimum Gasteiger partial charge on any atom is -0.507 e. The molecule has 1 N–H and O–H groups in total. The van der Waals surface area contributed by atoms with Crippen molar-refractivity contribution in [1.82, 2.24) is 4.90 Å². The standard InChI is InChI=1S/C24H27NO5/c1-15-7-4-5-12-25(15)14-18-19(26)11-10-17-22(27)21(30-24(17)18)13-16-8-6-9-20(28-2)23(16)29-3/h6,8-11,13,15,26H,4-5,7,12,14H2,1-3H3. The van der Waals surface area contributed by atoms with Crippen molar-refractivity contribution in [2.75, 3.05) is 20.8 Å². The zero-order valence-corrected chi connectivity index (χ0v) is 17.6. The minimum absolute atomic E-state index is 0.152. The molecule has 2 aliphatic rings. The molecule has 0 aromatic heterocycles. The number of carbonyl (C=O) groups excluding carboxylic acids is 1. The van der Waals surface area contributed by atoms with Crippen molar-refractivity contribution in [3.63, 3.8) is 0 Å². The number of piperidine rings is 1. The topological polar surface area (TPSA) is 68.2 Å². The number of benzene rings is 2. The smallest absolute Gasteiger partial charge is 0.231 e. The normalized spacial score (nSPS) is 20.2. The van der Waals surface area contributed by atoms with Gasteiger partial charge in [0.05, 0.1) is 25.3 Å². The monoisotopic (exact) mass is 409 g/mol. The Kier molecular flexibility index (Phi) is 5.68. The van der Waals surface area contributed by atoms with E-state index in [4.69, 9.17) is 14.2 Å². The quantitative estimate of drug-likeness (QED) is 0.739. The molecule has 6 nitrogen and oxygen atoms in total. The highest BCUT2D eigenvalue weighted by Crippen LogP contribution is 2.41. The third-order valence-corrected chi connectivity index (χ3v) is 5.94. The largest absolute Gasteiger partial charge is 0.507 e. The molecule has 1 saturated heterocycles. The van der Waals surface area contributed by atoms with E-state index in [1.54, 1.807) is 38.5 Å². The molecular formula is C24H27NO5. The van der Waals surface area contributed by atoms with Gasteiger partial charge in [-0.2, -0.15) is 0 Å². The van der Waals surface area contributed by atoms with E-state index < -0.39 is 0 Å². The predicted molar refractivity (Wildman–Crippen MR) is 114 cm³/mol. The van der Waals surface area contributed by atoms with Crippen molar-refractivity contribution in [2.24, 2.45) is 0 Å². The number of Topliss-reactive ketones (excluding diaryl/α,β-unsaturated/α-hetero) is 1. The average molecular weight is 409 g/mol. The number of ketones is 1. The van der Waals surface area contributed by atoms with Gasteiger partial charge in [-0.3, -0.25) is 9.69 Å². The summed E-state index contributed by atoms with van der Waals surface area (Å²) in [7, 11) is 3.13. The number of hydrogen-bond donors (Lipinski definition) is 1. The molecule has 1 atom stereocenters. The van der Waals surface area contributed by atoms with Gasteiger partial charge in [-0.05, 0) is 50.6 Å². The van der Waals surface area contributed by atoms with Crippen LogP contribution in [0.4, 0.5) is 0 Å². The van der Waals surface area contributed by atoms with Crippen LogP contribution >= 0.6 is 0 Å². The number of phenolic OH excluding ortho intramolecular Hbond substituents is 1. The van der Waals surface area contributed by atoms with E-state index in [0.717, 1.165) is 19.4 Å². The Balaban J connectivity index is 1.69. The highest BCUT2D eigenvalue weighted by Gasteiger charge is 2.33. The average Bonchev–Trinajstić information content (AvgIpc) is 3.06. The number of carbonyl (C=O) groups is 1. The molecule has 0 amide bonds. The molecule has 158 valence electrons. The first kappa shape index (κ1) is 20.3. The molecule has 2 aromatic rings. The van der Waals surface area contributed by atoms with E-state index in [9.17, 15) is 9.90 Å². The van der Waals surface area contributed by atoms with Gasteiger partial charge in [0.25, 0.3) is 0 Å². The van der Waals surface area contributed by atoms with Gasteiger partial charge in [0.15, 0.2) is 17.3 Å².